The van der Waals surface area contributed by atoms with Gasteiger partial charge in [0.2, 0.25) is 5.89 Å². The highest BCUT2D eigenvalue weighted by atomic mass is 19.1. The second-order valence-electron chi connectivity index (χ2n) is 3.93. The number of aromatic carboxylic acids is 1. The average Bonchev–Trinajstić information content (AvgIpc) is 2.91. The van der Waals surface area contributed by atoms with Crippen LogP contribution in [0.2, 0.25) is 0 Å². The summed E-state index contributed by atoms with van der Waals surface area (Å²) >= 11 is 0. The number of carboxylic acids is 1. The number of nitrogens with one attached hydrogen (secondary N) is 2. The van der Waals surface area contributed by atoms with Crippen LogP contribution in [0.1, 0.15) is 16.2 Å². The zero-order valence-electron chi connectivity index (χ0n) is 10.7. The summed E-state index contributed by atoms with van der Waals surface area (Å²) in [4.78, 5) is 26.3. The van der Waals surface area contributed by atoms with Crippen molar-refractivity contribution in [2.45, 2.75) is 6.42 Å². The predicted octanol–water partition coefficient (Wildman–Crippen LogP) is 1.27. The van der Waals surface area contributed by atoms with Crippen molar-refractivity contribution >= 4 is 17.7 Å². The highest BCUT2D eigenvalue weighted by Gasteiger charge is 2.17. The molecule has 110 valence electrons. The number of benzene rings is 1. The summed E-state index contributed by atoms with van der Waals surface area (Å²) in [6.07, 6.45) is 1.56. The molecule has 0 bridgehead atoms. The number of anilines is 1. The van der Waals surface area contributed by atoms with Gasteiger partial charge in [0.15, 0.2) is 6.33 Å². The van der Waals surface area contributed by atoms with Crippen molar-refractivity contribution in [3.63, 3.8) is 0 Å². The van der Waals surface area contributed by atoms with Gasteiger partial charge >= 0.3 is 12.0 Å². The van der Waals surface area contributed by atoms with Crippen molar-refractivity contribution < 1.29 is 23.6 Å². The number of carbonyl (C=O) groups is 2. The van der Waals surface area contributed by atoms with Crippen molar-refractivity contribution in [3.8, 4) is 0 Å². The third-order valence-electron chi connectivity index (χ3n) is 2.51. The number of amides is 2. The predicted molar refractivity (Wildman–Crippen MR) is 68.4 cm³/mol. The van der Waals surface area contributed by atoms with Crippen LogP contribution >= 0.6 is 0 Å². The van der Waals surface area contributed by atoms with E-state index in [0.717, 1.165) is 6.07 Å². The average molecular weight is 294 g/mol. The molecule has 2 aromatic rings. The Bertz CT molecular complexity index is 645. The molecule has 8 nitrogen and oxygen atoms in total. The van der Waals surface area contributed by atoms with Crippen LogP contribution in [0.3, 0.4) is 0 Å². The Balaban J connectivity index is 1.93. The summed E-state index contributed by atoms with van der Waals surface area (Å²) < 4.78 is 18.1. The summed E-state index contributed by atoms with van der Waals surface area (Å²) in [7, 11) is 0. The number of halogens is 1. The summed E-state index contributed by atoms with van der Waals surface area (Å²) in [6.45, 7) is 0.200. The normalized spacial score (nSPS) is 10.1. The maximum atomic E-state index is 13.4. The highest BCUT2D eigenvalue weighted by molar-refractivity contribution is 6.00. The lowest BCUT2D eigenvalue weighted by Gasteiger charge is -2.09. The van der Waals surface area contributed by atoms with Crippen molar-refractivity contribution in [3.05, 3.63) is 41.8 Å². The third-order valence-corrected chi connectivity index (χ3v) is 2.51. The molecule has 21 heavy (non-hydrogen) atoms. The van der Waals surface area contributed by atoms with E-state index in [4.69, 9.17) is 9.63 Å². The Morgan fingerprint density at radius 2 is 2.19 bits per heavy atom. The Kier molecular flexibility index (Phi) is 4.44. The molecule has 1 aromatic carbocycles. The first-order valence-corrected chi connectivity index (χ1v) is 5.90. The van der Waals surface area contributed by atoms with Crippen LogP contribution in [-0.4, -0.2) is 33.8 Å². The van der Waals surface area contributed by atoms with Crippen LogP contribution in [0, 0.1) is 5.82 Å². The summed E-state index contributed by atoms with van der Waals surface area (Å²) in [5, 5.41) is 17.1. The van der Waals surface area contributed by atoms with E-state index in [9.17, 15) is 14.0 Å². The number of carbonyl (C=O) groups excluding carboxylic acids is 1. The second kappa shape index (κ2) is 6.46. The number of hydrogen-bond acceptors (Lipinski definition) is 5. The van der Waals surface area contributed by atoms with E-state index in [1.54, 1.807) is 0 Å². The van der Waals surface area contributed by atoms with Crippen molar-refractivity contribution in [2.24, 2.45) is 0 Å². The zero-order valence-corrected chi connectivity index (χ0v) is 10.7. The summed E-state index contributed by atoms with van der Waals surface area (Å²) in [5.74, 6) is -2.03. The van der Waals surface area contributed by atoms with Gasteiger partial charge in [0.25, 0.3) is 0 Å². The Morgan fingerprint density at radius 1 is 1.38 bits per heavy atom. The van der Waals surface area contributed by atoms with Gasteiger partial charge in [-0.2, -0.15) is 4.98 Å². The maximum absolute atomic E-state index is 13.4. The van der Waals surface area contributed by atoms with Gasteiger partial charge in [0.1, 0.15) is 11.4 Å². The molecular formula is C12H11FN4O4. The first kappa shape index (κ1) is 14.4. The van der Waals surface area contributed by atoms with Crippen LogP contribution < -0.4 is 10.6 Å². The van der Waals surface area contributed by atoms with Gasteiger partial charge in [0, 0.05) is 13.0 Å². The van der Waals surface area contributed by atoms with Crippen molar-refractivity contribution in [1.82, 2.24) is 15.5 Å². The van der Waals surface area contributed by atoms with Crippen molar-refractivity contribution in [2.75, 3.05) is 11.9 Å². The van der Waals surface area contributed by atoms with Gasteiger partial charge in [-0.15, -0.1) is 0 Å². The molecule has 1 aromatic heterocycles. The number of rotatable bonds is 5. The molecule has 3 N–H and O–H groups in total. The van der Waals surface area contributed by atoms with Gasteiger partial charge in [-0.3, -0.25) is 0 Å². The highest BCUT2D eigenvalue weighted by Crippen LogP contribution is 2.18. The molecule has 0 fully saturated rings. The maximum Gasteiger partial charge on any atom is 0.340 e. The Labute approximate surface area is 118 Å². The molecule has 1 heterocycles. The van der Waals surface area contributed by atoms with Crippen LogP contribution in [0.4, 0.5) is 14.9 Å². The molecule has 0 unspecified atom stereocenters. The van der Waals surface area contributed by atoms with Gasteiger partial charge in [-0.05, 0) is 12.1 Å². The molecule has 2 rings (SSSR count). The lowest BCUT2D eigenvalue weighted by molar-refractivity contribution is 0.0693. The molecular weight excluding hydrogens is 283 g/mol. The van der Waals surface area contributed by atoms with E-state index < -0.39 is 23.4 Å². The van der Waals surface area contributed by atoms with Crippen LogP contribution in [-0.2, 0) is 6.42 Å². The molecule has 0 aliphatic rings. The fraction of sp³-hybridized carbons (Fsp3) is 0.167. The fourth-order valence-electron chi connectivity index (χ4n) is 1.60. The smallest absolute Gasteiger partial charge is 0.340 e. The first-order chi connectivity index (χ1) is 10.1. The summed E-state index contributed by atoms with van der Waals surface area (Å²) in [5.41, 5.74) is -0.720. The van der Waals surface area contributed by atoms with E-state index >= 15 is 0 Å². The van der Waals surface area contributed by atoms with Gasteiger partial charge in [-0.1, -0.05) is 11.2 Å². The number of carboxylic acid groups (broad SMARTS) is 1. The molecule has 9 heteroatoms. The minimum Gasteiger partial charge on any atom is -0.478 e. The van der Waals surface area contributed by atoms with E-state index in [1.165, 1.54) is 18.5 Å². The van der Waals surface area contributed by atoms with Gasteiger partial charge in [-0.25, -0.2) is 14.0 Å². The van der Waals surface area contributed by atoms with E-state index in [1.807, 2.05) is 0 Å². The van der Waals surface area contributed by atoms with E-state index in [2.05, 4.69) is 20.8 Å². The minimum absolute atomic E-state index is 0.127. The van der Waals surface area contributed by atoms with Gasteiger partial charge in [0.05, 0.1) is 5.69 Å². The molecule has 0 atom stereocenters. The number of hydrogen-bond donors (Lipinski definition) is 3. The number of aromatic nitrogens is 2. The molecule has 0 radical (unpaired) electrons. The third kappa shape index (κ3) is 3.75. The Morgan fingerprint density at radius 3 is 2.86 bits per heavy atom. The monoisotopic (exact) mass is 294 g/mol. The largest absolute Gasteiger partial charge is 0.478 e. The lowest BCUT2D eigenvalue weighted by atomic mass is 10.1. The van der Waals surface area contributed by atoms with Crippen LogP contribution in [0.25, 0.3) is 0 Å². The Hall–Kier alpha value is -2.97. The molecule has 0 aliphatic heterocycles. The molecule has 0 saturated carbocycles. The molecule has 0 spiro atoms. The quantitative estimate of drug-likeness (QED) is 0.764. The van der Waals surface area contributed by atoms with E-state index in [0.29, 0.717) is 12.3 Å². The van der Waals surface area contributed by atoms with E-state index in [-0.39, 0.29) is 12.2 Å². The van der Waals surface area contributed by atoms with Crippen LogP contribution in [0.15, 0.2) is 29.0 Å². The van der Waals surface area contributed by atoms with Crippen LogP contribution in [0.5, 0.6) is 0 Å². The molecule has 0 aliphatic carbocycles. The second-order valence-corrected chi connectivity index (χ2v) is 3.93. The zero-order chi connectivity index (χ0) is 15.2. The number of urea groups is 1. The first-order valence-electron chi connectivity index (χ1n) is 5.90. The lowest BCUT2D eigenvalue weighted by Crippen LogP contribution is -2.31. The standard InChI is InChI=1S/C12H11FN4O4/c13-7-2-1-3-8(10(7)11(18)19)17-12(20)14-5-4-9-15-6-16-21-9/h1-3,6H,4-5H2,(H,18,19)(H2,14,17,20). The number of nitrogens with zero attached hydrogens (tertiary/aromatic N) is 2. The molecule has 0 saturated heterocycles. The molecule has 2 amide bonds. The SMILES string of the molecule is O=C(NCCc1ncno1)Nc1cccc(F)c1C(=O)O. The fourth-order valence-corrected chi connectivity index (χ4v) is 1.60. The topological polar surface area (TPSA) is 117 Å². The van der Waals surface area contributed by atoms with Crippen molar-refractivity contribution in [1.29, 1.82) is 0 Å². The van der Waals surface area contributed by atoms with Gasteiger partial charge < -0.3 is 20.3 Å². The minimum atomic E-state index is -1.46. The summed E-state index contributed by atoms with van der Waals surface area (Å²) in [6, 6.07) is 2.94.